The van der Waals surface area contributed by atoms with Gasteiger partial charge in [-0.1, -0.05) is 24.3 Å². The van der Waals surface area contributed by atoms with Gasteiger partial charge in [0.1, 0.15) is 11.5 Å². The number of nitrogens with one attached hydrogen (secondary N) is 1. The van der Waals surface area contributed by atoms with Crippen LogP contribution in [0, 0.1) is 0 Å². The van der Waals surface area contributed by atoms with E-state index in [1.165, 1.54) is 32.4 Å². The van der Waals surface area contributed by atoms with Crippen molar-refractivity contribution in [2.24, 2.45) is 0 Å². The summed E-state index contributed by atoms with van der Waals surface area (Å²) in [4.78, 5) is 40.5. The summed E-state index contributed by atoms with van der Waals surface area (Å²) < 4.78 is 53.0. The van der Waals surface area contributed by atoms with E-state index >= 15 is 0 Å². The van der Waals surface area contributed by atoms with Crippen LogP contribution in [-0.2, 0) is 14.3 Å². The molecular formula is C28H31F3N2O6. The quantitative estimate of drug-likeness (QED) is 0.522. The summed E-state index contributed by atoms with van der Waals surface area (Å²) in [5.41, 5.74) is 1.60. The minimum absolute atomic E-state index is 0.0221. The van der Waals surface area contributed by atoms with Crippen molar-refractivity contribution in [1.82, 2.24) is 10.2 Å². The van der Waals surface area contributed by atoms with Crippen LogP contribution < -0.4 is 14.8 Å². The first-order valence-corrected chi connectivity index (χ1v) is 12.7. The molecule has 0 radical (unpaired) electrons. The van der Waals surface area contributed by atoms with Crippen LogP contribution in [-0.4, -0.2) is 68.8 Å². The summed E-state index contributed by atoms with van der Waals surface area (Å²) in [6, 6.07) is 11.2. The number of ether oxygens (including phenoxy) is 3. The third-order valence-electron chi connectivity index (χ3n) is 7.24. The SMILES string of the molecule is COC(=O)[C@@H]1CC[C@@H](C(=O)N2CCC(NC(=O)c3cc(OC)ccc3OCC(F)(F)F)CC2)c2ccccc21. The molecular weight excluding hydrogens is 517 g/mol. The van der Waals surface area contributed by atoms with Crippen molar-refractivity contribution in [2.45, 2.75) is 49.7 Å². The van der Waals surface area contributed by atoms with Crippen LogP contribution in [0.25, 0.3) is 0 Å². The molecule has 0 spiro atoms. The van der Waals surface area contributed by atoms with Gasteiger partial charge in [-0.3, -0.25) is 14.4 Å². The number of benzene rings is 2. The lowest BCUT2D eigenvalue weighted by Gasteiger charge is -2.37. The number of hydrogen-bond donors (Lipinski definition) is 1. The predicted molar refractivity (Wildman–Crippen MR) is 135 cm³/mol. The van der Waals surface area contributed by atoms with Gasteiger partial charge in [-0.15, -0.1) is 0 Å². The number of piperidine rings is 1. The Morgan fingerprint density at radius 3 is 2.21 bits per heavy atom. The molecule has 0 aromatic heterocycles. The zero-order chi connectivity index (χ0) is 28.2. The van der Waals surface area contributed by atoms with Gasteiger partial charge in [0.2, 0.25) is 5.91 Å². The molecule has 1 N–H and O–H groups in total. The maximum absolute atomic E-state index is 13.5. The van der Waals surface area contributed by atoms with Crippen LogP contribution in [0.5, 0.6) is 11.5 Å². The van der Waals surface area contributed by atoms with E-state index in [9.17, 15) is 27.6 Å². The van der Waals surface area contributed by atoms with E-state index in [0.717, 1.165) is 11.1 Å². The molecule has 0 bridgehead atoms. The van der Waals surface area contributed by atoms with Crippen molar-refractivity contribution in [3.63, 3.8) is 0 Å². The first-order chi connectivity index (χ1) is 18.6. The van der Waals surface area contributed by atoms with Gasteiger partial charge in [0, 0.05) is 19.1 Å². The molecule has 2 atom stereocenters. The monoisotopic (exact) mass is 548 g/mol. The number of carbonyl (C=O) groups excluding carboxylic acids is 3. The van der Waals surface area contributed by atoms with Gasteiger partial charge in [-0.05, 0) is 55.0 Å². The number of methoxy groups -OCH3 is 2. The third kappa shape index (κ3) is 6.63. The van der Waals surface area contributed by atoms with Crippen LogP contribution in [0.15, 0.2) is 42.5 Å². The number of carbonyl (C=O) groups is 3. The second-order valence-electron chi connectivity index (χ2n) is 9.67. The highest BCUT2D eigenvalue weighted by Crippen LogP contribution is 2.40. The predicted octanol–water partition coefficient (Wildman–Crippen LogP) is 4.19. The highest BCUT2D eigenvalue weighted by atomic mass is 19.4. The lowest BCUT2D eigenvalue weighted by Crippen LogP contribution is -2.48. The van der Waals surface area contributed by atoms with Gasteiger partial charge in [-0.25, -0.2) is 0 Å². The van der Waals surface area contributed by atoms with Crippen LogP contribution in [0.2, 0.25) is 0 Å². The summed E-state index contributed by atoms with van der Waals surface area (Å²) in [6.07, 6.45) is -2.53. The van der Waals surface area contributed by atoms with Crippen molar-refractivity contribution in [3.05, 3.63) is 59.2 Å². The molecule has 2 aliphatic rings. The molecule has 4 rings (SSSR count). The maximum atomic E-state index is 13.5. The topological polar surface area (TPSA) is 94.2 Å². The van der Waals surface area contributed by atoms with Crippen molar-refractivity contribution in [2.75, 3.05) is 33.9 Å². The Labute approximate surface area is 224 Å². The molecule has 0 unspecified atom stereocenters. The summed E-state index contributed by atoms with van der Waals surface area (Å²) in [6.45, 7) is -0.693. The van der Waals surface area contributed by atoms with E-state index in [-0.39, 0.29) is 35.1 Å². The Kier molecular flexibility index (Phi) is 8.66. The molecule has 210 valence electrons. The second kappa shape index (κ2) is 12.0. The van der Waals surface area contributed by atoms with Crippen LogP contribution in [0.4, 0.5) is 13.2 Å². The van der Waals surface area contributed by atoms with Crippen molar-refractivity contribution < 1.29 is 41.8 Å². The average molecular weight is 549 g/mol. The number of halogens is 3. The van der Waals surface area contributed by atoms with E-state index < -0.39 is 24.6 Å². The van der Waals surface area contributed by atoms with Crippen LogP contribution in [0.1, 0.15) is 59.0 Å². The zero-order valence-corrected chi connectivity index (χ0v) is 21.8. The van der Waals surface area contributed by atoms with E-state index in [1.54, 1.807) is 4.90 Å². The average Bonchev–Trinajstić information content (AvgIpc) is 2.94. The van der Waals surface area contributed by atoms with Gasteiger partial charge in [0.05, 0.1) is 31.6 Å². The molecule has 1 aliphatic carbocycles. The highest BCUT2D eigenvalue weighted by molar-refractivity contribution is 5.97. The number of likely N-dealkylation sites (tertiary alicyclic amines) is 1. The van der Waals surface area contributed by atoms with Gasteiger partial charge in [0.15, 0.2) is 6.61 Å². The van der Waals surface area contributed by atoms with Crippen LogP contribution >= 0.6 is 0 Å². The van der Waals surface area contributed by atoms with E-state index in [2.05, 4.69) is 5.32 Å². The first-order valence-electron chi connectivity index (χ1n) is 12.7. The number of fused-ring (bicyclic) bond motifs is 1. The molecule has 2 aromatic carbocycles. The Hall–Kier alpha value is -3.76. The molecule has 2 aromatic rings. The normalized spacial score (nSPS) is 19.6. The molecule has 0 saturated carbocycles. The van der Waals surface area contributed by atoms with Crippen molar-refractivity contribution in [1.29, 1.82) is 0 Å². The smallest absolute Gasteiger partial charge is 0.422 e. The third-order valence-corrected chi connectivity index (χ3v) is 7.24. The lowest BCUT2D eigenvalue weighted by molar-refractivity contribution is -0.153. The first kappa shape index (κ1) is 28.3. The molecule has 1 heterocycles. The number of alkyl halides is 3. The largest absolute Gasteiger partial charge is 0.497 e. The lowest BCUT2D eigenvalue weighted by atomic mass is 9.76. The Morgan fingerprint density at radius 2 is 1.59 bits per heavy atom. The number of hydrogen-bond acceptors (Lipinski definition) is 6. The fraction of sp³-hybridized carbons (Fsp3) is 0.464. The summed E-state index contributed by atoms with van der Waals surface area (Å²) in [7, 11) is 2.75. The van der Waals surface area contributed by atoms with Gasteiger partial charge in [-0.2, -0.15) is 13.2 Å². The molecule has 11 heteroatoms. The maximum Gasteiger partial charge on any atom is 0.422 e. The van der Waals surface area contributed by atoms with Gasteiger partial charge < -0.3 is 24.4 Å². The number of amides is 2. The number of esters is 1. The Balaban J connectivity index is 1.39. The Morgan fingerprint density at radius 1 is 0.949 bits per heavy atom. The standard InChI is InChI=1S/C28H31F3N2O6/c1-37-18-7-10-24(39-16-28(29,30)31)23(15-18)25(34)32-17-11-13-33(14-12-17)26(35)21-8-9-22(27(36)38-2)20-6-4-3-5-19(20)21/h3-7,10,15,17,21-22H,8-9,11-14,16H2,1-2H3,(H,32,34)/t21-,22-/m1/s1. The molecule has 1 saturated heterocycles. The zero-order valence-electron chi connectivity index (χ0n) is 21.8. The van der Waals surface area contributed by atoms with E-state index in [0.29, 0.717) is 44.5 Å². The second-order valence-corrected chi connectivity index (χ2v) is 9.67. The van der Waals surface area contributed by atoms with E-state index in [4.69, 9.17) is 14.2 Å². The molecule has 1 fully saturated rings. The molecule has 2 amide bonds. The Bertz CT molecular complexity index is 1210. The number of rotatable bonds is 7. The summed E-state index contributed by atoms with van der Waals surface area (Å²) in [5.74, 6) is -1.55. The van der Waals surface area contributed by atoms with Gasteiger partial charge >= 0.3 is 12.1 Å². The van der Waals surface area contributed by atoms with Crippen molar-refractivity contribution in [3.8, 4) is 11.5 Å². The fourth-order valence-corrected chi connectivity index (χ4v) is 5.26. The molecule has 1 aliphatic heterocycles. The van der Waals surface area contributed by atoms with Gasteiger partial charge in [0.25, 0.3) is 5.91 Å². The van der Waals surface area contributed by atoms with Crippen LogP contribution in [0.3, 0.4) is 0 Å². The fourth-order valence-electron chi connectivity index (χ4n) is 5.26. The highest BCUT2D eigenvalue weighted by Gasteiger charge is 2.38. The minimum Gasteiger partial charge on any atom is -0.497 e. The molecule has 8 nitrogen and oxygen atoms in total. The summed E-state index contributed by atoms with van der Waals surface area (Å²) in [5, 5.41) is 2.86. The number of nitrogens with zero attached hydrogens (tertiary/aromatic N) is 1. The molecule has 39 heavy (non-hydrogen) atoms. The van der Waals surface area contributed by atoms with E-state index in [1.807, 2.05) is 24.3 Å². The minimum atomic E-state index is -4.55. The summed E-state index contributed by atoms with van der Waals surface area (Å²) >= 11 is 0. The van der Waals surface area contributed by atoms with Crippen molar-refractivity contribution >= 4 is 17.8 Å².